The second-order valence-electron chi connectivity index (χ2n) is 5.74. The smallest absolute Gasteiger partial charge is 0.195 e. The predicted octanol–water partition coefficient (Wildman–Crippen LogP) is 4.53. The highest BCUT2D eigenvalue weighted by molar-refractivity contribution is 7.17. The Morgan fingerprint density at radius 3 is 2.57 bits per heavy atom. The molecule has 3 aromatic rings. The molecule has 2 heterocycles. The molecule has 5 heteroatoms. The zero-order chi connectivity index (χ0) is 16.6. The molecular weight excluding hydrogens is 308 g/mol. The van der Waals surface area contributed by atoms with Crippen LogP contribution in [-0.2, 0) is 6.42 Å². The lowest BCUT2D eigenvalue weighted by molar-refractivity contribution is 0.111. The maximum Gasteiger partial charge on any atom is 0.195 e. The van der Waals surface area contributed by atoms with Gasteiger partial charge in [-0.2, -0.15) is 0 Å². The third-order valence-electron chi connectivity index (χ3n) is 3.70. The fourth-order valence-electron chi connectivity index (χ4n) is 2.71. The molecule has 0 unspecified atom stereocenters. The fraction of sp³-hybridized carbons (Fsp3) is 0.333. The number of aldehydes is 1. The van der Waals surface area contributed by atoms with Crippen molar-refractivity contribution in [1.82, 2.24) is 9.38 Å². The van der Waals surface area contributed by atoms with Crippen molar-refractivity contribution in [1.29, 1.82) is 0 Å². The summed E-state index contributed by atoms with van der Waals surface area (Å²) in [6, 6.07) is 8.04. The van der Waals surface area contributed by atoms with Crippen LogP contribution in [0.3, 0.4) is 0 Å². The van der Waals surface area contributed by atoms with E-state index in [1.165, 1.54) is 4.88 Å². The molecular formula is C18H20N2O2S. The summed E-state index contributed by atoms with van der Waals surface area (Å²) in [4.78, 5) is 18.1. The Bertz CT molecular complexity index is 844. The van der Waals surface area contributed by atoms with Crippen molar-refractivity contribution in [2.45, 2.75) is 40.2 Å². The van der Waals surface area contributed by atoms with E-state index in [2.05, 4.69) is 11.9 Å². The van der Waals surface area contributed by atoms with Crippen molar-refractivity contribution in [2.75, 3.05) is 0 Å². The summed E-state index contributed by atoms with van der Waals surface area (Å²) in [5.41, 5.74) is 3.54. The van der Waals surface area contributed by atoms with Crippen LogP contribution in [0.1, 0.15) is 41.8 Å². The zero-order valence-corrected chi connectivity index (χ0v) is 14.6. The lowest BCUT2D eigenvalue weighted by Gasteiger charge is -2.11. The number of rotatable bonds is 5. The van der Waals surface area contributed by atoms with Crippen LogP contribution >= 0.6 is 11.3 Å². The van der Waals surface area contributed by atoms with Crippen LogP contribution in [0, 0.1) is 6.92 Å². The van der Waals surface area contributed by atoms with Gasteiger partial charge in [0.25, 0.3) is 0 Å². The highest BCUT2D eigenvalue weighted by Gasteiger charge is 2.19. The van der Waals surface area contributed by atoms with Crippen LogP contribution in [-0.4, -0.2) is 21.8 Å². The Hall–Kier alpha value is -2.14. The Labute approximate surface area is 139 Å². The molecule has 120 valence electrons. The summed E-state index contributed by atoms with van der Waals surface area (Å²) in [7, 11) is 0. The van der Waals surface area contributed by atoms with Gasteiger partial charge in [0.05, 0.1) is 17.5 Å². The molecule has 0 saturated heterocycles. The second kappa shape index (κ2) is 6.16. The number of ether oxygens (including phenoxy) is 1. The van der Waals surface area contributed by atoms with Crippen molar-refractivity contribution in [3.63, 3.8) is 0 Å². The predicted molar refractivity (Wildman–Crippen MR) is 93.8 cm³/mol. The van der Waals surface area contributed by atoms with Gasteiger partial charge in [0.1, 0.15) is 11.4 Å². The van der Waals surface area contributed by atoms with Gasteiger partial charge in [-0.05, 0) is 57.0 Å². The number of aromatic nitrogens is 2. The summed E-state index contributed by atoms with van der Waals surface area (Å²) in [5, 5.41) is 0. The van der Waals surface area contributed by atoms with Crippen LogP contribution in [0.4, 0.5) is 0 Å². The number of fused-ring (bicyclic) bond motifs is 1. The van der Waals surface area contributed by atoms with Crippen LogP contribution in [0.25, 0.3) is 16.2 Å². The minimum atomic E-state index is 0.151. The van der Waals surface area contributed by atoms with Crippen molar-refractivity contribution in [3.8, 4) is 17.0 Å². The fourth-order valence-corrected chi connectivity index (χ4v) is 3.85. The highest BCUT2D eigenvalue weighted by atomic mass is 32.1. The van der Waals surface area contributed by atoms with E-state index in [0.29, 0.717) is 5.69 Å². The van der Waals surface area contributed by atoms with Crippen LogP contribution < -0.4 is 4.74 Å². The molecule has 0 fully saturated rings. The number of thiazole rings is 1. The Morgan fingerprint density at radius 2 is 2.00 bits per heavy atom. The average molecular weight is 328 g/mol. The number of nitrogens with zero attached hydrogens (tertiary/aromatic N) is 2. The lowest BCUT2D eigenvalue weighted by atomic mass is 10.1. The normalized spacial score (nSPS) is 11.3. The number of imidazole rings is 1. The molecule has 0 aliphatic heterocycles. The first-order valence-electron chi connectivity index (χ1n) is 7.78. The Kier molecular flexibility index (Phi) is 4.22. The molecule has 0 radical (unpaired) electrons. The molecule has 0 aliphatic rings. The molecule has 0 aliphatic carbocycles. The summed E-state index contributed by atoms with van der Waals surface area (Å²) < 4.78 is 7.68. The first-order chi connectivity index (χ1) is 11.0. The molecule has 2 aromatic heterocycles. The van der Waals surface area contributed by atoms with Gasteiger partial charge in [-0.3, -0.25) is 9.20 Å². The number of carbonyl (C=O) groups excluding carboxylic acids is 1. The standard InChI is InChI=1S/C18H20N2O2S/c1-5-16-17(13-6-8-14(9-7-13)22-11(2)3)20-15(10-21)12(4)19-18(20)23-16/h6-11H,5H2,1-4H3. The van der Waals surface area contributed by atoms with Gasteiger partial charge in [-0.15, -0.1) is 11.3 Å². The summed E-state index contributed by atoms with van der Waals surface area (Å²) in [6.45, 7) is 8.02. The van der Waals surface area contributed by atoms with E-state index in [1.54, 1.807) is 11.3 Å². The van der Waals surface area contributed by atoms with Gasteiger partial charge in [0.15, 0.2) is 11.2 Å². The largest absolute Gasteiger partial charge is 0.491 e. The van der Waals surface area contributed by atoms with E-state index in [1.807, 2.05) is 49.4 Å². The quantitative estimate of drug-likeness (QED) is 0.646. The highest BCUT2D eigenvalue weighted by Crippen LogP contribution is 2.34. The molecule has 0 spiro atoms. The van der Waals surface area contributed by atoms with Gasteiger partial charge >= 0.3 is 0 Å². The lowest BCUT2D eigenvalue weighted by Crippen LogP contribution is -2.05. The van der Waals surface area contributed by atoms with Crippen LogP contribution in [0.5, 0.6) is 5.75 Å². The summed E-state index contributed by atoms with van der Waals surface area (Å²) in [5.74, 6) is 0.852. The number of aryl methyl sites for hydroxylation is 2. The van der Waals surface area contributed by atoms with Gasteiger partial charge in [0.2, 0.25) is 0 Å². The molecule has 0 amide bonds. The Balaban J connectivity index is 2.16. The van der Waals surface area contributed by atoms with Crippen molar-refractivity contribution < 1.29 is 9.53 Å². The van der Waals surface area contributed by atoms with Gasteiger partial charge in [0, 0.05) is 4.88 Å². The molecule has 3 rings (SSSR count). The van der Waals surface area contributed by atoms with E-state index < -0.39 is 0 Å². The molecule has 0 N–H and O–H groups in total. The van der Waals surface area contributed by atoms with Gasteiger partial charge in [-0.25, -0.2) is 4.98 Å². The van der Waals surface area contributed by atoms with Crippen LogP contribution in [0.15, 0.2) is 24.3 Å². The molecule has 23 heavy (non-hydrogen) atoms. The average Bonchev–Trinajstić information content (AvgIpc) is 3.01. The zero-order valence-electron chi connectivity index (χ0n) is 13.8. The van der Waals surface area contributed by atoms with Crippen molar-refractivity contribution in [3.05, 3.63) is 40.5 Å². The topological polar surface area (TPSA) is 43.6 Å². The monoisotopic (exact) mass is 328 g/mol. The molecule has 1 aromatic carbocycles. The van der Waals surface area contributed by atoms with E-state index in [4.69, 9.17) is 4.74 Å². The summed E-state index contributed by atoms with van der Waals surface area (Å²) >= 11 is 1.65. The maximum absolute atomic E-state index is 11.5. The molecule has 0 bridgehead atoms. The SMILES string of the molecule is CCc1sc2nc(C)c(C=O)n2c1-c1ccc(OC(C)C)cc1. The van der Waals surface area contributed by atoms with E-state index in [9.17, 15) is 4.79 Å². The number of hydrogen-bond acceptors (Lipinski definition) is 4. The van der Waals surface area contributed by atoms with Crippen LogP contribution in [0.2, 0.25) is 0 Å². The molecule has 0 atom stereocenters. The Morgan fingerprint density at radius 1 is 1.30 bits per heavy atom. The van der Waals surface area contributed by atoms with Gasteiger partial charge < -0.3 is 4.74 Å². The molecule has 0 saturated carbocycles. The van der Waals surface area contributed by atoms with Crippen molar-refractivity contribution >= 4 is 22.6 Å². The number of hydrogen-bond donors (Lipinski definition) is 0. The molecule has 4 nitrogen and oxygen atoms in total. The number of carbonyl (C=O) groups is 1. The van der Waals surface area contributed by atoms with E-state index in [-0.39, 0.29) is 6.10 Å². The maximum atomic E-state index is 11.5. The van der Waals surface area contributed by atoms with E-state index >= 15 is 0 Å². The second-order valence-corrected chi connectivity index (χ2v) is 6.80. The van der Waals surface area contributed by atoms with Gasteiger partial charge in [-0.1, -0.05) is 6.92 Å². The third kappa shape index (κ3) is 2.77. The first kappa shape index (κ1) is 15.7. The minimum Gasteiger partial charge on any atom is -0.491 e. The first-order valence-corrected chi connectivity index (χ1v) is 8.59. The van der Waals surface area contributed by atoms with Crippen molar-refractivity contribution in [2.24, 2.45) is 0 Å². The summed E-state index contributed by atoms with van der Waals surface area (Å²) in [6.07, 6.45) is 1.95. The third-order valence-corrected chi connectivity index (χ3v) is 4.89. The van der Waals surface area contributed by atoms with E-state index in [0.717, 1.165) is 40.4 Å². The number of benzene rings is 1. The minimum absolute atomic E-state index is 0.151.